The Hall–Kier alpha value is -1.22. The molecule has 6 heteroatoms. The lowest BCUT2D eigenvalue weighted by Crippen LogP contribution is -2.44. The van der Waals surface area contributed by atoms with Crippen LogP contribution >= 0.6 is 38.5 Å². The third-order valence-electron chi connectivity index (χ3n) is 4.86. The van der Waals surface area contributed by atoms with Crippen LogP contribution in [-0.4, -0.2) is 22.7 Å². The van der Waals surface area contributed by atoms with Gasteiger partial charge in [0.1, 0.15) is 0 Å². The Morgan fingerprint density at radius 1 is 1.26 bits per heavy atom. The third-order valence-corrected chi connectivity index (χ3v) is 6.08. The minimum Gasteiger partial charge on any atom is -0.396 e. The van der Waals surface area contributed by atoms with E-state index in [9.17, 15) is 9.90 Å². The van der Waals surface area contributed by atoms with Crippen LogP contribution in [-0.2, 0) is 16.9 Å². The van der Waals surface area contributed by atoms with Gasteiger partial charge in [-0.25, -0.2) is 0 Å². The first-order chi connectivity index (χ1) is 12.9. The fraction of sp³-hybridized carbons (Fsp3) is 0.286. The molecule has 2 N–H and O–H groups in total. The van der Waals surface area contributed by atoms with Crippen LogP contribution in [0.1, 0.15) is 24.5 Å². The van der Waals surface area contributed by atoms with Gasteiger partial charge in [0, 0.05) is 26.1 Å². The molecule has 0 fully saturated rings. The number of aliphatic hydroxyl groups is 2. The zero-order valence-electron chi connectivity index (χ0n) is 14.9. The van der Waals surface area contributed by atoms with E-state index in [1.807, 2.05) is 49.4 Å². The zero-order valence-corrected chi connectivity index (χ0v) is 18.6. The van der Waals surface area contributed by atoms with Gasteiger partial charge in [0.15, 0.2) is 5.60 Å². The highest BCUT2D eigenvalue weighted by Gasteiger charge is 2.52. The summed E-state index contributed by atoms with van der Waals surface area (Å²) in [6, 6.07) is 13.6. The monoisotopic (exact) mass is 541 g/mol. The molecule has 3 rings (SSSR count). The Balaban J connectivity index is 2.00. The van der Waals surface area contributed by atoms with E-state index in [-0.39, 0.29) is 12.5 Å². The van der Waals surface area contributed by atoms with Gasteiger partial charge < -0.3 is 15.1 Å². The highest BCUT2D eigenvalue weighted by molar-refractivity contribution is 14.1. The minimum absolute atomic E-state index is 0.0384. The first kappa shape index (κ1) is 20.5. The lowest BCUT2D eigenvalue weighted by Gasteiger charge is -2.27. The predicted octanol–water partition coefficient (Wildman–Crippen LogP) is 4.36. The smallest absolute Gasteiger partial charge is 0.264 e. The number of amides is 1. The van der Waals surface area contributed by atoms with Crippen LogP contribution in [0.25, 0.3) is 0 Å². The highest BCUT2D eigenvalue weighted by Crippen LogP contribution is 2.46. The van der Waals surface area contributed by atoms with Gasteiger partial charge in [-0.05, 0) is 64.9 Å². The van der Waals surface area contributed by atoms with Crippen LogP contribution in [0.4, 0.5) is 5.69 Å². The van der Waals surface area contributed by atoms with E-state index in [1.54, 1.807) is 17.1 Å². The molecule has 0 aliphatic carbocycles. The number of carbonyl (C=O) groups excluding carboxylic acids is 1. The quantitative estimate of drug-likeness (QED) is 0.422. The van der Waals surface area contributed by atoms with Crippen LogP contribution < -0.4 is 4.90 Å². The summed E-state index contributed by atoms with van der Waals surface area (Å²) in [6.45, 7) is 2.27. The topological polar surface area (TPSA) is 60.8 Å². The van der Waals surface area contributed by atoms with E-state index in [1.165, 1.54) is 0 Å². The van der Waals surface area contributed by atoms with Crippen molar-refractivity contribution in [3.8, 4) is 0 Å². The van der Waals surface area contributed by atoms with Crippen molar-refractivity contribution in [2.75, 3.05) is 11.5 Å². The first-order valence-corrected chi connectivity index (χ1v) is 10.6. The summed E-state index contributed by atoms with van der Waals surface area (Å²) in [5.74, 6) is -0.748. The Bertz CT molecular complexity index is 868. The van der Waals surface area contributed by atoms with E-state index in [4.69, 9.17) is 5.11 Å². The van der Waals surface area contributed by atoms with Crippen molar-refractivity contribution in [1.82, 2.24) is 0 Å². The van der Waals surface area contributed by atoms with Crippen molar-refractivity contribution in [3.63, 3.8) is 0 Å². The summed E-state index contributed by atoms with van der Waals surface area (Å²) in [5, 5.41) is 20.5. The summed E-state index contributed by atoms with van der Waals surface area (Å²) in [4.78, 5) is 15.0. The summed E-state index contributed by atoms with van der Waals surface area (Å²) in [7, 11) is 0. The third kappa shape index (κ3) is 3.99. The van der Waals surface area contributed by atoms with Crippen molar-refractivity contribution in [2.24, 2.45) is 5.92 Å². The molecule has 4 nitrogen and oxygen atoms in total. The summed E-state index contributed by atoms with van der Waals surface area (Å²) in [6.07, 6.45) is 4.09. The molecule has 2 aromatic rings. The molecule has 0 aromatic heterocycles. The molecule has 0 unspecified atom stereocenters. The van der Waals surface area contributed by atoms with Crippen molar-refractivity contribution in [1.29, 1.82) is 0 Å². The van der Waals surface area contributed by atoms with Crippen LogP contribution in [0.5, 0.6) is 0 Å². The number of benzene rings is 2. The van der Waals surface area contributed by atoms with Gasteiger partial charge in [-0.1, -0.05) is 47.1 Å². The van der Waals surface area contributed by atoms with Gasteiger partial charge >= 0.3 is 0 Å². The maximum Gasteiger partial charge on any atom is 0.264 e. The molecule has 27 heavy (non-hydrogen) atoms. The Labute approximate surface area is 181 Å². The fourth-order valence-electron chi connectivity index (χ4n) is 3.36. The van der Waals surface area contributed by atoms with Crippen LogP contribution in [0.3, 0.4) is 0 Å². The second kappa shape index (κ2) is 8.43. The van der Waals surface area contributed by atoms with Gasteiger partial charge in [0.05, 0.1) is 12.2 Å². The van der Waals surface area contributed by atoms with Gasteiger partial charge in [-0.3, -0.25) is 4.79 Å². The molecular formula is C21H21BrINO3. The summed E-state index contributed by atoms with van der Waals surface area (Å²) >= 11 is 5.70. The molecule has 0 saturated carbocycles. The second-order valence-electron chi connectivity index (χ2n) is 6.67. The second-order valence-corrected chi connectivity index (χ2v) is 8.84. The largest absolute Gasteiger partial charge is 0.396 e. The number of hydrogen-bond acceptors (Lipinski definition) is 3. The SMILES string of the molecule is C[C@@H](/C=C/CCO)[C@]1(O)C(=O)N(Cc2ccc(I)cc2)c2ccc(Br)cc21. The van der Waals surface area contributed by atoms with Crippen LogP contribution in [0.2, 0.25) is 0 Å². The molecule has 0 spiro atoms. The number of fused-ring (bicyclic) bond motifs is 1. The lowest BCUT2D eigenvalue weighted by atomic mass is 9.83. The minimum atomic E-state index is -1.63. The van der Waals surface area contributed by atoms with Crippen molar-refractivity contribution < 1.29 is 15.0 Å². The molecule has 1 amide bonds. The zero-order chi connectivity index (χ0) is 19.6. The molecule has 2 aromatic carbocycles. The normalized spacial score (nSPS) is 20.3. The van der Waals surface area contributed by atoms with E-state index in [2.05, 4.69) is 38.5 Å². The van der Waals surface area contributed by atoms with Gasteiger partial charge in [-0.2, -0.15) is 0 Å². The number of rotatable bonds is 6. The number of aliphatic hydroxyl groups excluding tert-OH is 1. The standard InChI is InChI=1S/C21H21BrINO3/c1-14(4-2-3-11-25)21(27)18-12-16(22)7-10-19(18)24(20(21)26)13-15-5-8-17(23)9-6-15/h2,4-10,12,14,25,27H,3,11,13H2,1H3/b4-2+/t14-,21+/m0/s1. The summed E-state index contributed by atoms with van der Waals surface area (Å²) in [5.41, 5.74) is 0.708. The number of carbonyl (C=O) groups is 1. The number of nitrogens with zero attached hydrogens (tertiary/aromatic N) is 1. The van der Waals surface area contributed by atoms with E-state index < -0.39 is 11.5 Å². The molecule has 142 valence electrons. The fourth-order valence-corrected chi connectivity index (χ4v) is 4.08. The Kier molecular flexibility index (Phi) is 6.40. The lowest BCUT2D eigenvalue weighted by molar-refractivity contribution is -0.139. The molecule has 0 saturated heterocycles. The molecular weight excluding hydrogens is 521 g/mol. The first-order valence-electron chi connectivity index (χ1n) is 8.74. The Morgan fingerprint density at radius 3 is 2.63 bits per heavy atom. The van der Waals surface area contributed by atoms with Crippen molar-refractivity contribution in [3.05, 3.63) is 73.8 Å². The molecule has 0 radical (unpaired) electrons. The van der Waals surface area contributed by atoms with Gasteiger partial charge in [0.2, 0.25) is 0 Å². The maximum atomic E-state index is 13.3. The van der Waals surface area contributed by atoms with Crippen molar-refractivity contribution >= 4 is 50.1 Å². The average molecular weight is 542 g/mol. The van der Waals surface area contributed by atoms with Crippen LogP contribution in [0, 0.1) is 9.49 Å². The molecule has 1 aliphatic rings. The molecule has 2 atom stereocenters. The van der Waals surface area contributed by atoms with E-state index in [0.29, 0.717) is 18.5 Å². The van der Waals surface area contributed by atoms with Crippen LogP contribution in [0.15, 0.2) is 59.1 Å². The predicted molar refractivity (Wildman–Crippen MR) is 118 cm³/mol. The highest BCUT2D eigenvalue weighted by atomic mass is 127. The molecule has 0 bridgehead atoms. The Morgan fingerprint density at radius 2 is 1.96 bits per heavy atom. The van der Waals surface area contributed by atoms with E-state index >= 15 is 0 Å². The molecule has 1 aliphatic heterocycles. The summed E-state index contributed by atoms with van der Waals surface area (Å²) < 4.78 is 1.95. The molecule has 1 heterocycles. The number of hydrogen-bond donors (Lipinski definition) is 2. The van der Waals surface area contributed by atoms with E-state index in [0.717, 1.165) is 19.3 Å². The maximum absolute atomic E-state index is 13.3. The number of halogens is 2. The van der Waals surface area contributed by atoms with Gasteiger partial charge in [-0.15, -0.1) is 0 Å². The number of anilines is 1. The van der Waals surface area contributed by atoms with Crippen molar-refractivity contribution in [2.45, 2.75) is 25.5 Å². The average Bonchev–Trinajstić information content (AvgIpc) is 2.86. The van der Waals surface area contributed by atoms with Gasteiger partial charge in [0.25, 0.3) is 5.91 Å².